The summed E-state index contributed by atoms with van der Waals surface area (Å²) in [5.41, 5.74) is 2.16. The van der Waals surface area contributed by atoms with Gasteiger partial charge in [0.15, 0.2) is 5.76 Å². The average molecular weight is 440 g/mol. The summed E-state index contributed by atoms with van der Waals surface area (Å²) in [6.07, 6.45) is 3.27. The Morgan fingerprint density at radius 2 is 1.83 bits per heavy atom. The summed E-state index contributed by atoms with van der Waals surface area (Å²) >= 11 is 7.29. The lowest BCUT2D eigenvalue weighted by Crippen LogP contribution is -2.30. The fourth-order valence-corrected chi connectivity index (χ4v) is 4.59. The fraction of sp³-hybridized carbons (Fsp3) is 0.182. The van der Waals surface area contributed by atoms with Gasteiger partial charge in [-0.25, -0.2) is 4.98 Å². The Hall–Kier alpha value is -3.03. The van der Waals surface area contributed by atoms with Crippen LogP contribution in [0.25, 0.3) is 0 Å². The van der Waals surface area contributed by atoms with Crippen molar-refractivity contribution in [2.24, 2.45) is 0 Å². The van der Waals surface area contributed by atoms with Gasteiger partial charge in [-0.2, -0.15) is 0 Å². The molecule has 2 aromatic heterocycles. The molecule has 6 nitrogen and oxygen atoms in total. The number of carbonyl (C=O) groups is 2. The number of carbonyl (C=O) groups excluding carboxylic acids is 2. The van der Waals surface area contributed by atoms with E-state index in [9.17, 15) is 14.7 Å². The van der Waals surface area contributed by atoms with Gasteiger partial charge in [-0.3, -0.25) is 14.6 Å². The molecule has 8 heteroatoms. The standard InChI is InChI=1S/C22H18ClN3O3S/c1-12-21(30-13(2)25-12)19(27)17-18(15-3-5-16(23)6-4-15)26(22(29)20(17)28)11-14-7-9-24-10-8-14/h3-10,18,28H,11H2,1-2H3. The Morgan fingerprint density at radius 1 is 1.17 bits per heavy atom. The molecule has 1 aromatic carbocycles. The highest BCUT2D eigenvalue weighted by atomic mass is 35.5. The summed E-state index contributed by atoms with van der Waals surface area (Å²) in [5, 5.41) is 12.0. The minimum atomic E-state index is -0.739. The summed E-state index contributed by atoms with van der Waals surface area (Å²) < 4.78 is 0. The van der Waals surface area contributed by atoms with Crippen molar-refractivity contribution in [2.45, 2.75) is 26.4 Å². The van der Waals surface area contributed by atoms with E-state index in [0.29, 0.717) is 21.2 Å². The number of aromatic nitrogens is 2. The number of Topliss-reactive ketones (excluding diaryl/α,β-unsaturated/α-hetero) is 1. The zero-order chi connectivity index (χ0) is 21.4. The lowest BCUT2D eigenvalue weighted by Gasteiger charge is -2.27. The first kappa shape index (κ1) is 20.3. The maximum atomic E-state index is 13.4. The molecule has 3 aromatic rings. The highest BCUT2D eigenvalue weighted by Crippen LogP contribution is 2.41. The van der Waals surface area contributed by atoms with E-state index in [1.807, 2.05) is 6.92 Å². The number of aryl methyl sites for hydroxylation is 2. The van der Waals surface area contributed by atoms with Crippen LogP contribution in [0, 0.1) is 13.8 Å². The molecule has 30 heavy (non-hydrogen) atoms. The van der Waals surface area contributed by atoms with Gasteiger partial charge < -0.3 is 10.0 Å². The quantitative estimate of drug-likeness (QED) is 0.588. The van der Waals surface area contributed by atoms with E-state index >= 15 is 0 Å². The molecule has 1 unspecified atom stereocenters. The van der Waals surface area contributed by atoms with Gasteiger partial charge in [-0.05, 0) is 49.2 Å². The van der Waals surface area contributed by atoms with Gasteiger partial charge in [0.1, 0.15) is 0 Å². The summed E-state index contributed by atoms with van der Waals surface area (Å²) in [6, 6.07) is 9.76. The van der Waals surface area contributed by atoms with Crippen LogP contribution in [0.4, 0.5) is 0 Å². The largest absolute Gasteiger partial charge is 0.503 e. The molecule has 0 radical (unpaired) electrons. The first-order chi connectivity index (χ1) is 14.4. The number of hydrogen-bond acceptors (Lipinski definition) is 6. The molecular formula is C22H18ClN3O3S. The highest BCUT2D eigenvalue weighted by molar-refractivity contribution is 7.14. The summed E-state index contributed by atoms with van der Waals surface area (Å²) in [7, 11) is 0. The van der Waals surface area contributed by atoms with E-state index in [1.54, 1.807) is 55.7 Å². The van der Waals surface area contributed by atoms with Crippen molar-refractivity contribution in [1.29, 1.82) is 0 Å². The predicted octanol–water partition coefficient (Wildman–Crippen LogP) is 4.59. The Kier molecular flexibility index (Phi) is 5.40. The Balaban J connectivity index is 1.81. The van der Waals surface area contributed by atoms with Crippen LogP contribution in [0.1, 0.15) is 37.5 Å². The Bertz CT molecular complexity index is 1160. The molecule has 0 saturated carbocycles. The third-order valence-corrected chi connectivity index (χ3v) is 6.27. The number of pyridine rings is 1. The number of aliphatic hydroxyl groups is 1. The van der Waals surface area contributed by atoms with Crippen LogP contribution in [0.5, 0.6) is 0 Å². The second-order valence-electron chi connectivity index (χ2n) is 6.98. The first-order valence-electron chi connectivity index (χ1n) is 9.24. The van der Waals surface area contributed by atoms with Gasteiger partial charge in [-0.15, -0.1) is 11.3 Å². The number of halogens is 1. The molecule has 1 N–H and O–H groups in total. The predicted molar refractivity (Wildman–Crippen MR) is 115 cm³/mol. The second-order valence-corrected chi connectivity index (χ2v) is 8.62. The number of aliphatic hydroxyl groups excluding tert-OH is 1. The van der Waals surface area contributed by atoms with Gasteiger partial charge in [0.25, 0.3) is 5.91 Å². The van der Waals surface area contributed by atoms with E-state index in [1.165, 1.54) is 16.2 Å². The summed E-state index contributed by atoms with van der Waals surface area (Å²) in [6.45, 7) is 3.78. The van der Waals surface area contributed by atoms with Crippen LogP contribution < -0.4 is 0 Å². The van der Waals surface area contributed by atoms with E-state index < -0.39 is 17.7 Å². The molecule has 1 aliphatic rings. The lowest BCUT2D eigenvalue weighted by atomic mass is 9.95. The SMILES string of the molecule is Cc1nc(C)c(C(=O)C2=C(O)C(=O)N(Cc3ccncc3)C2c2ccc(Cl)cc2)s1. The Morgan fingerprint density at radius 3 is 2.43 bits per heavy atom. The summed E-state index contributed by atoms with van der Waals surface area (Å²) in [5.74, 6) is -1.51. The zero-order valence-electron chi connectivity index (χ0n) is 16.3. The maximum absolute atomic E-state index is 13.4. The van der Waals surface area contributed by atoms with E-state index in [-0.39, 0.29) is 17.9 Å². The van der Waals surface area contributed by atoms with Crippen LogP contribution >= 0.6 is 22.9 Å². The van der Waals surface area contributed by atoms with Crippen molar-refractivity contribution >= 4 is 34.6 Å². The maximum Gasteiger partial charge on any atom is 0.290 e. The van der Waals surface area contributed by atoms with Gasteiger partial charge in [0.05, 0.1) is 27.2 Å². The molecule has 1 atom stereocenters. The summed E-state index contributed by atoms with van der Waals surface area (Å²) in [4.78, 5) is 36.7. The van der Waals surface area contributed by atoms with Crippen LogP contribution in [-0.2, 0) is 11.3 Å². The molecule has 4 rings (SSSR count). The van der Waals surface area contributed by atoms with Crippen molar-refractivity contribution < 1.29 is 14.7 Å². The van der Waals surface area contributed by atoms with Crippen LogP contribution in [-0.4, -0.2) is 31.7 Å². The molecule has 1 amide bonds. The fourth-order valence-electron chi connectivity index (χ4n) is 3.59. The smallest absolute Gasteiger partial charge is 0.290 e. The monoisotopic (exact) mass is 439 g/mol. The van der Waals surface area contributed by atoms with Crippen LogP contribution in [0.3, 0.4) is 0 Å². The molecule has 0 aliphatic carbocycles. The number of thiazole rings is 1. The number of amides is 1. The van der Waals surface area contributed by atoms with E-state index in [0.717, 1.165) is 10.6 Å². The topological polar surface area (TPSA) is 83.4 Å². The van der Waals surface area contributed by atoms with Crippen molar-refractivity contribution in [2.75, 3.05) is 0 Å². The van der Waals surface area contributed by atoms with E-state index in [4.69, 9.17) is 11.6 Å². The number of ketones is 1. The third-order valence-electron chi connectivity index (χ3n) is 4.95. The van der Waals surface area contributed by atoms with Crippen molar-refractivity contribution in [3.05, 3.63) is 91.9 Å². The molecule has 0 saturated heterocycles. The molecular weight excluding hydrogens is 422 g/mol. The molecule has 0 fully saturated rings. The van der Waals surface area contributed by atoms with Crippen LogP contribution in [0.15, 0.2) is 60.1 Å². The third kappa shape index (κ3) is 3.62. The van der Waals surface area contributed by atoms with Gasteiger partial charge in [-0.1, -0.05) is 23.7 Å². The van der Waals surface area contributed by atoms with Gasteiger partial charge in [0.2, 0.25) is 5.78 Å². The zero-order valence-corrected chi connectivity index (χ0v) is 17.9. The molecule has 152 valence electrons. The molecule has 1 aliphatic heterocycles. The minimum Gasteiger partial charge on any atom is -0.503 e. The molecule has 0 bridgehead atoms. The number of nitrogens with zero attached hydrogens (tertiary/aromatic N) is 3. The minimum absolute atomic E-state index is 0.0585. The lowest BCUT2D eigenvalue weighted by molar-refractivity contribution is -0.130. The second kappa shape index (κ2) is 8.01. The number of hydrogen-bond donors (Lipinski definition) is 1. The number of benzene rings is 1. The van der Waals surface area contributed by atoms with Crippen molar-refractivity contribution in [3.8, 4) is 0 Å². The van der Waals surface area contributed by atoms with E-state index in [2.05, 4.69) is 9.97 Å². The van der Waals surface area contributed by atoms with Crippen molar-refractivity contribution in [1.82, 2.24) is 14.9 Å². The molecule has 3 heterocycles. The molecule has 0 spiro atoms. The number of rotatable bonds is 5. The van der Waals surface area contributed by atoms with Crippen molar-refractivity contribution in [3.63, 3.8) is 0 Å². The average Bonchev–Trinajstić information content (AvgIpc) is 3.20. The first-order valence-corrected chi connectivity index (χ1v) is 10.4. The van der Waals surface area contributed by atoms with Crippen LogP contribution in [0.2, 0.25) is 5.02 Å². The highest BCUT2D eigenvalue weighted by Gasteiger charge is 2.44. The Labute approximate surface area is 182 Å². The van der Waals surface area contributed by atoms with Gasteiger partial charge >= 0.3 is 0 Å². The normalized spacial score (nSPS) is 16.4. The van der Waals surface area contributed by atoms with Gasteiger partial charge in [0, 0.05) is 24.0 Å².